The van der Waals surface area contributed by atoms with Gasteiger partial charge >= 0.3 is 0 Å². The first-order valence-corrected chi connectivity index (χ1v) is 6.63. The van der Waals surface area contributed by atoms with Gasteiger partial charge in [-0.25, -0.2) is 4.98 Å². The molecule has 7 heteroatoms. The molecule has 0 unspecified atom stereocenters. The van der Waals surface area contributed by atoms with E-state index >= 15 is 0 Å². The Morgan fingerprint density at radius 1 is 1.53 bits per heavy atom. The molecule has 0 spiro atoms. The number of thioether (sulfide) groups is 1. The average molecular weight is 310 g/mol. The molecule has 2 rings (SSSR count). The zero-order valence-electron chi connectivity index (χ0n) is 8.88. The second kappa shape index (κ2) is 4.77. The van der Waals surface area contributed by atoms with Crippen LogP contribution < -0.4 is 5.73 Å². The van der Waals surface area contributed by atoms with Gasteiger partial charge in [-0.15, -0.1) is 11.8 Å². The molecule has 0 aliphatic carbocycles. The Bertz CT molecular complexity index is 584. The van der Waals surface area contributed by atoms with Gasteiger partial charge < -0.3 is 5.73 Å². The highest BCUT2D eigenvalue weighted by molar-refractivity contribution is 9.10. The summed E-state index contributed by atoms with van der Waals surface area (Å²) in [6.45, 7) is 0. The van der Waals surface area contributed by atoms with Gasteiger partial charge in [-0.1, -0.05) is 0 Å². The van der Waals surface area contributed by atoms with Crippen molar-refractivity contribution < 1.29 is 0 Å². The van der Waals surface area contributed by atoms with E-state index in [1.165, 1.54) is 16.4 Å². The van der Waals surface area contributed by atoms with Crippen molar-refractivity contribution in [3.8, 4) is 11.9 Å². The van der Waals surface area contributed by atoms with Gasteiger partial charge in [0.25, 0.3) is 0 Å². The summed E-state index contributed by atoms with van der Waals surface area (Å²) >= 11 is 4.68. The molecule has 0 bridgehead atoms. The van der Waals surface area contributed by atoms with E-state index in [9.17, 15) is 0 Å². The summed E-state index contributed by atoms with van der Waals surface area (Å²) in [5.74, 6) is 0.897. The number of nitrogens with zero attached hydrogens (tertiary/aromatic N) is 4. The summed E-state index contributed by atoms with van der Waals surface area (Å²) < 4.78 is 2.34. The molecule has 0 fully saturated rings. The molecule has 0 aromatic carbocycles. The van der Waals surface area contributed by atoms with Crippen LogP contribution in [0.15, 0.2) is 27.8 Å². The molecule has 0 saturated carbocycles. The molecular weight excluding hydrogens is 302 g/mol. The summed E-state index contributed by atoms with van der Waals surface area (Å²) in [6.07, 6.45) is 3.50. The molecule has 0 atom stereocenters. The van der Waals surface area contributed by atoms with Crippen LogP contribution in [-0.4, -0.2) is 21.0 Å². The number of hydrogen-bond acceptors (Lipinski definition) is 5. The maximum Gasteiger partial charge on any atom is 0.155 e. The number of nitriles is 1. The third-order valence-electron chi connectivity index (χ3n) is 2.12. The van der Waals surface area contributed by atoms with E-state index in [0.717, 1.165) is 4.47 Å². The van der Waals surface area contributed by atoms with Crippen molar-refractivity contribution >= 4 is 33.5 Å². The number of halogens is 1. The van der Waals surface area contributed by atoms with E-state index in [4.69, 9.17) is 11.0 Å². The topological polar surface area (TPSA) is 80.5 Å². The van der Waals surface area contributed by atoms with Crippen molar-refractivity contribution in [2.24, 2.45) is 0 Å². The van der Waals surface area contributed by atoms with Crippen LogP contribution in [-0.2, 0) is 0 Å². The number of pyridine rings is 1. The van der Waals surface area contributed by atoms with Crippen LogP contribution >= 0.6 is 27.7 Å². The highest BCUT2D eigenvalue weighted by Gasteiger charge is 2.16. The lowest BCUT2D eigenvalue weighted by molar-refractivity contribution is 0.818. The minimum atomic E-state index is 0.312. The van der Waals surface area contributed by atoms with Crippen molar-refractivity contribution in [1.82, 2.24) is 14.8 Å². The Kier molecular flexibility index (Phi) is 3.36. The molecule has 0 aliphatic rings. The number of nitrogens with two attached hydrogens (primary N) is 1. The number of anilines is 1. The molecule has 2 N–H and O–H groups in total. The molecule has 17 heavy (non-hydrogen) atoms. The lowest BCUT2D eigenvalue weighted by atomic mass is 10.3. The summed E-state index contributed by atoms with van der Waals surface area (Å²) in [5.41, 5.74) is 6.26. The standard InChI is InChI=1S/C10H8BrN5S/c1-17-10-7(4-12)9(13)16(15-10)8-3-2-6(11)5-14-8/h2-3,5H,13H2,1H3. The van der Waals surface area contributed by atoms with E-state index in [2.05, 4.69) is 32.1 Å². The van der Waals surface area contributed by atoms with Crippen LogP contribution in [0.4, 0.5) is 5.82 Å². The third kappa shape index (κ3) is 2.14. The zero-order valence-corrected chi connectivity index (χ0v) is 11.3. The van der Waals surface area contributed by atoms with Gasteiger partial charge in [-0.2, -0.15) is 15.0 Å². The smallest absolute Gasteiger partial charge is 0.155 e. The molecule has 2 aromatic rings. The van der Waals surface area contributed by atoms with E-state index < -0.39 is 0 Å². The van der Waals surface area contributed by atoms with Crippen LogP contribution in [0.1, 0.15) is 5.56 Å². The number of aromatic nitrogens is 3. The average Bonchev–Trinajstić information content (AvgIpc) is 2.66. The van der Waals surface area contributed by atoms with Crippen LogP contribution in [0.5, 0.6) is 0 Å². The Morgan fingerprint density at radius 3 is 2.76 bits per heavy atom. The van der Waals surface area contributed by atoms with Gasteiger partial charge in [0.05, 0.1) is 0 Å². The third-order valence-corrected chi connectivity index (χ3v) is 3.26. The van der Waals surface area contributed by atoms with Gasteiger partial charge in [0.1, 0.15) is 22.5 Å². The SMILES string of the molecule is CSc1nn(-c2ccc(Br)cn2)c(N)c1C#N. The van der Waals surface area contributed by atoms with Crippen molar-refractivity contribution in [2.45, 2.75) is 5.03 Å². The van der Waals surface area contributed by atoms with Crippen LogP contribution in [0.2, 0.25) is 0 Å². The fourth-order valence-corrected chi connectivity index (χ4v) is 2.08. The van der Waals surface area contributed by atoms with Crippen molar-refractivity contribution in [3.63, 3.8) is 0 Å². The van der Waals surface area contributed by atoms with Gasteiger partial charge in [0.2, 0.25) is 0 Å². The molecule has 0 saturated heterocycles. The number of nitrogen functional groups attached to an aromatic ring is 1. The largest absolute Gasteiger partial charge is 0.382 e. The quantitative estimate of drug-likeness (QED) is 0.860. The summed E-state index contributed by atoms with van der Waals surface area (Å²) in [7, 11) is 0. The van der Waals surface area contributed by atoms with E-state index in [-0.39, 0.29) is 0 Å². The Hall–Kier alpha value is -1.52. The second-order valence-electron chi connectivity index (χ2n) is 3.13. The zero-order chi connectivity index (χ0) is 12.4. The Labute approximate surface area is 111 Å². The highest BCUT2D eigenvalue weighted by Crippen LogP contribution is 2.25. The lowest BCUT2D eigenvalue weighted by Crippen LogP contribution is -2.04. The van der Waals surface area contributed by atoms with E-state index in [1.54, 1.807) is 12.3 Å². The molecule has 2 heterocycles. The fourth-order valence-electron chi connectivity index (χ4n) is 1.33. The predicted octanol–water partition coefficient (Wildman–Crippen LogP) is 2.21. The monoisotopic (exact) mass is 309 g/mol. The van der Waals surface area contributed by atoms with Crippen LogP contribution in [0.25, 0.3) is 5.82 Å². The molecule has 0 radical (unpaired) electrons. The molecule has 5 nitrogen and oxygen atoms in total. The van der Waals surface area contributed by atoms with E-state index in [1.807, 2.05) is 12.3 Å². The maximum absolute atomic E-state index is 9.01. The first-order chi connectivity index (χ1) is 8.17. The van der Waals surface area contributed by atoms with Crippen molar-refractivity contribution in [2.75, 3.05) is 12.0 Å². The molecule has 0 aliphatic heterocycles. The summed E-state index contributed by atoms with van der Waals surface area (Å²) in [4.78, 5) is 4.19. The molecule has 2 aromatic heterocycles. The minimum Gasteiger partial charge on any atom is -0.382 e. The van der Waals surface area contributed by atoms with Crippen molar-refractivity contribution in [1.29, 1.82) is 5.26 Å². The lowest BCUT2D eigenvalue weighted by Gasteiger charge is -2.02. The number of hydrogen-bond donors (Lipinski definition) is 1. The maximum atomic E-state index is 9.01. The van der Waals surface area contributed by atoms with Gasteiger partial charge in [0.15, 0.2) is 5.82 Å². The minimum absolute atomic E-state index is 0.312. The van der Waals surface area contributed by atoms with Gasteiger partial charge in [-0.05, 0) is 34.3 Å². The Balaban J connectivity index is 2.57. The van der Waals surface area contributed by atoms with Crippen molar-refractivity contribution in [3.05, 3.63) is 28.4 Å². The van der Waals surface area contributed by atoms with Gasteiger partial charge in [0, 0.05) is 10.7 Å². The van der Waals surface area contributed by atoms with E-state index in [0.29, 0.717) is 22.2 Å². The second-order valence-corrected chi connectivity index (χ2v) is 4.84. The molecular formula is C10H8BrN5S. The summed E-state index contributed by atoms with van der Waals surface area (Å²) in [5, 5.41) is 13.9. The fraction of sp³-hybridized carbons (Fsp3) is 0.100. The molecule has 86 valence electrons. The van der Waals surface area contributed by atoms with Gasteiger partial charge in [-0.3, -0.25) is 0 Å². The number of rotatable bonds is 2. The Morgan fingerprint density at radius 2 is 2.29 bits per heavy atom. The van der Waals surface area contributed by atoms with Crippen LogP contribution in [0, 0.1) is 11.3 Å². The first kappa shape index (κ1) is 12.0. The highest BCUT2D eigenvalue weighted by atomic mass is 79.9. The summed E-state index contributed by atoms with van der Waals surface area (Å²) in [6, 6.07) is 5.67. The molecule has 0 amide bonds. The normalized spacial score (nSPS) is 10.2. The first-order valence-electron chi connectivity index (χ1n) is 4.62. The predicted molar refractivity (Wildman–Crippen MR) is 70.0 cm³/mol. The van der Waals surface area contributed by atoms with Crippen LogP contribution in [0.3, 0.4) is 0 Å².